The van der Waals surface area contributed by atoms with Gasteiger partial charge in [-0.25, -0.2) is 4.98 Å². The van der Waals surface area contributed by atoms with Crippen LogP contribution in [0, 0.1) is 0 Å². The third-order valence-corrected chi connectivity index (χ3v) is 4.11. The maximum absolute atomic E-state index is 5.94. The number of hydrogen-bond acceptors (Lipinski definition) is 7. The van der Waals surface area contributed by atoms with Crippen molar-refractivity contribution in [2.75, 3.05) is 25.7 Å². The average Bonchev–Trinajstić information content (AvgIpc) is 2.69. The molecule has 7 nitrogen and oxygen atoms in total. The van der Waals surface area contributed by atoms with Gasteiger partial charge < -0.3 is 25.7 Å². The molecule has 0 aliphatic carbocycles. The number of rotatable bonds is 7. The molecule has 3 rings (SSSR count). The van der Waals surface area contributed by atoms with Crippen LogP contribution in [0.4, 0.5) is 11.8 Å². The van der Waals surface area contributed by atoms with Gasteiger partial charge in [-0.1, -0.05) is 12.1 Å². The van der Waals surface area contributed by atoms with Crippen LogP contribution in [0.25, 0.3) is 0 Å². The Balaban J connectivity index is 1.76. The molecule has 0 spiro atoms. The number of benzene rings is 2. The maximum Gasteiger partial charge on any atom is 0.221 e. The molecule has 7 heteroatoms. The van der Waals surface area contributed by atoms with Gasteiger partial charge in [0.25, 0.3) is 0 Å². The zero-order chi connectivity index (χ0) is 19.2. The molecule has 0 unspecified atom stereocenters. The topological polar surface area (TPSA) is 106 Å². The van der Waals surface area contributed by atoms with Gasteiger partial charge in [0.15, 0.2) is 0 Å². The summed E-state index contributed by atoms with van der Waals surface area (Å²) in [7, 11) is 3.27. The number of methoxy groups -OCH3 is 2. The lowest BCUT2D eigenvalue weighted by molar-refractivity contribution is 0.304. The third kappa shape index (κ3) is 4.58. The average molecular weight is 366 g/mol. The van der Waals surface area contributed by atoms with Crippen LogP contribution in [0.3, 0.4) is 0 Å². The van der Waals surface area contributed by atoms with Crippen molar-refractivity contribution in [1.29, 1.82) is 0 Å². The highest BCUT2D eigenvalue weighted by atomic mass is 16.5. The van der Waals surface area contributed by atoms with Gasteiger partial charge in [0.05, 0.1) is 14.2 Å². The Morgan fingerprint density at radius 2 is 1.63 bits per heavy atom. The number of nitrogens with two attached hydrogens (primary N) is 2. The Kier molecular flexibility index (Phi) is 5.61. The van der Waals surface area contributed by atoms with Crippen molar-refractivity contribution in [2.24, 2.45) is 0 Å². The quantitative estimate of drug-likeness (QED) is 0.662. The van der Waals surface area contributed by atoms with E-state index in [0.717, 1.165) is 33.9 Å². The predicted molar refractivity (Wildman–Crippen MR) is 104 cm³/mol. The van der Waals surface area contributed by atoms with E-state index in [-0.39, 0.29) is 5.95 Å². The van der Waals surface area contributed by atoms with E-state index in [2.05, 4.69) is 9.97 Å². The summed E-state index contributed by atoms with van der Waals surface area (Å²) in [6.45, 7) is 0.447. The van der Waals surface area contributed by atoms with Gasteiger partial charge in [-0.3, -0.25) is 0 Å². The molecular weight excluding hydrogens is 344 g/mol. The van der Waals surface area contributed by atoms with Crippen molar-refractivity contribution in [1.82, 2.24) is 9.97 Å². The zero-order valence-electron chi connectivity index (χ0n) is 15.3. The molecule has 4 N–H and O–H groups in total. The third-order valence-electron chi connectivity index (χ3n) is 4.11. The number of aromatic nitrogens is 2. The molecule has 27 heavy (non-hydrogen) atoms. The smallest absolute Gasteiger partial charge is 0.221 e. The number of hydrogen-bond donors (Lipinski definition) is 2. The molecule has 0 radical (unpaired) electrons. The molecule has 0 saturated carbocycles. The van der Waals surface area contributed by atoms with Crippen molar-refractivity contribution in [3.05, 3.63) is 65.4 Å². The highest BCUT2D eigenvalue weighted by Crippen LogP contribution is 2.28. The van der Waals surface area contributed by atoms with Crippen LogP contribution in [-0.2, 0) is 13.0 Å². The molecule has 0 bridgehead atoms. The second kappa shape index (κ2) is 8.27. The highest BCUT2D eigenvalue weighted by molar-refractivity contribution is 5.48. The molecule has 0 atom stereocenters. The Morgan fingerprint density at radius 3 is 2.30 bits per heavy atom. The van der Waals surface area contributed by atoms with Crippen LogP contribution in [0.5, 0.6) is 17.2 Å². The van der Waals surface area contributed by atoms with Crippen molar-refractivity contribution < 1.29 is 14.2 Å². The summed E-state index contributed by atoms with van der Waals surface area (Å²) in [4.78, 5) is 8.01. The standard InChI is InChI=1S/C20H22N4O3/c1-25-16-5-3-13(4-6-16)12-27-17-7-8-18(26-2)14(10-17)9-15-11-23-20(22)24-19(15)21/h3-8,10-11H,9,12H2,1-2H3,(H4,21,22,23,24). The van der Waals surface area contributed by atoms with Crippen LogP contribution < -0.4 is 25.7 Å². The molecule has 0 aliphatic rings. The SMILES string of the molecule is COc1ccc(COc2ccc(OC)c(Cc3cnc(N)nc3N)c2)cc1. The Hall–Kier alpha value is -3.48. The molecule has 1 heterocycles. The van der Waals surface area contributed by atoms with Crippen LogP contribution in [0.15, 0.2) is 48.7 Å². The van der Waals surface area contributed by atoms with E-state index in [0.29, 0.717) is 18.8 Å². The van der Waals surface area contributed by atoms with Gasteiger partial charge in [-0.2, -0.15) is 4.98 Å². The summed E-state index contributed by atoms with van der Waals surface area (Å²) in [5.41, 5.74) is 14.2. The van der Waals surface area contributed by atoms with E-state index < -0.39 is 0 Å². The fraction of sp³-hybridized carbons (Fsp3) is 0.200. The molecule has 2 aromatic carbocycles. The largest absolute Gasteiger partial charge is 0.497 e. The lowest BCUT2D eigenvalue weighted by Gasteiger charge is -2.13. The molecule has 0 saturated heterocycles. The lowest BCUT2D eigenvalue weighted by atomic mass is 10.1. The first-order valence-electron chi connectivity index (χ1n) is 8.38. The lowest BCUT2D eigenvalue weighted by Crippen LogP contribution is -2.05. The minimum Gasteiger partial charge on any atom is -0.497 e. The fourth-order valence-corrected chi connectivity index (χ4v) is 2.65. The minimum absolute atomic E-state index is 0.153. The summed E-state index contributed by atoms with van der Waals surface area (Å²) < 4.78 is 16.5. The summed E-state index contributed by atoms with van der Waals surface area (Å²) in [5, 5.41) is 0. The first-order chi connectivity index (χ1) is 13.1. The van der Waals surface area contributed by atoms with E-state index in [1.807, 2.05) is 42.5 Å². The highest BCUT2D eigenvalue weighted by Gasteiger charge is 2.10. The molecule has 3 aromatic rings. The molecular formula is C20H22N4O3. The van der Waals surface area contributed by atoms with Crippen molar-refractivity contribution >= 4 is 11.8 Å². The van der Waals surface area contributed by atoms with Gasteiger partial charge >= 0.3 is 0 Å². The van der Waals surface area contributed by atoms with Gasteiger partial charge in [-0.15, -0.1) is 0 Å². The molecule has 0 amide bonds. The van der Waals surface area contributed by atoms with E-state index in [4.69, 9.17) is 25.7 Å². The van der Waals surface area contributed by atoms with Crippen LogP contribution in [0.2, 0.25) is 0 Å². The van der Waals surface area contributed by atoms with E-state index in [1.165, 1.54) is 0 Å². The normalized spacial score (nSPS) is 10.4. The molecule has 140 valence electrons. The summed E-state index contributed by atoms with van der Waals surface area (Å²) in [6.07, 6.45) is 2.14. The first-order valence-corrected chi connectivity index (χ1v) is 8.38. The van der Waals surface area contributed by atoms with Gasteiger partial charge in [-0.05, 0) is 35.9 Å². The van der Waals surface area contributed by atoms with Gasteiger partial charge in [0, 0.05) is 23.7 Å². The summed E-state index contributed by atoms with van der Waals surface area (Å²) in [5.74, 6) is 2.79. The first kappa shape index (κ1) is 18.3. The van der Waals surface area contributed by atoms with Crippen molar-refractivity contribution in [3.8, 4) is 17.2 Å². The second-order valence-electron chi connectivity index (χ2n) is 5.93. The van der Waals surface area contributed by atoms with Crippen molar-refractivity contribution in [2.45, 2.75) is 13.0 Å². The van der Waals surface area contributed by atoms with Crippen LogP contribution >= 0.6 is 0 Å². The zero-order valence-corrected chi connectivity index (χ0v) is 15.3. The number of nitrogen functional groups attached to an aromatic ring is 2. The monoisotopic (exact) mass is 366 g/mol. The Labute approximate surface area is 157 Å². The van der Waals surface area contributed by atoms with Gasteiger partial charge in [0.2, 0.25) is 5.95 Å². The number of anilines is 2. The number of nitrogens with zero attached hydrogens (tertiary/aromatic N) is 2. The summed E-state index contributed by atoms with van der Waals surface area (Å²) in [6, 6.07) is 13.4. The predicted octanol–water partition coefficient (Wildman–Crippen LogP) is 2.83. The van der Waals surface area contributed by atoms with E-state index in [9.17, 15) is 0 Å². The van der Waals surface area contributed by atoms with Crippen LogP contribution in [0.1, 0.15) is 16.7 Å². The number of ether oxygens (including phenoxy) is 3. The summed E-state index contributed by atoms with van der Waals surface area (Å²) >= 11 is 0. The molecule has 1 aromatic heterocycles. The fourth-order valence-electron chi connectivity index (χ4n) is 2.65. The van der Waals surface area contributed by atoms with Gasteiger partial charge in [0.1, 0.15) is 29.7 Å². The molecule has 0 fully saturated rings. The maximum atomic E-state index is 5.94. The van der Waals surface area contributed by atoms with E-state index in [1.54, 1.807) is 20.4 Å². The molecule has 0 aliphatic heterocycles. The van der Waals surface area contributed by atoms with Crippen LogP contribution in [-0.4, -0.2) is 24.2 Å². The van der Waals surface area contributed by atoms with E-state index >= 15 is 0 Å². The second-order valence-corrected chi connectivity index (χ2v) is 5.93. The minimum atomic E-state index is 0.153. The Bertz CT molecular complexity index is 914. The van der Waals surface area contributed by atoms with Crippen molar-refractivity contribution in [3.63, 3.8) is 0 Å². The Morgan fingerprint density at radius 1 is 0.889 bits per heavy atom.